The third-order valence-electron chi connectivity index (χ3n) is 3.79. The third-order valence-corrected chi connectivity index (χ3v) is 4.63. The van der Waals surface area contributed by atoms with Gasteiger partial charge in [0, 0.05) is 17.9 Å². The molecule has 1 heterocycles. The first-order chi connectivity index (χ1) is 7.06. The van der Waals surface area contributed by atoms with Crippen molar-refractivity contribution in [1.29, 1.82) is 0 Å². The molecule has 0 spiro atoms. The maximum absolute atomic E-state index is 3.65. The summed E-state index contributed by atoms with van der Waals surface area (Å²) in [5.74, 6) is 2.41. The Morgan fingerprint density at radius 1 is 1.27 bits per heavy atom. The highest BCUT2D eigenvalue weighted by Gasteiger charge is 2.29. The number of likely N-dealkylation sites (tertiary alicyclic amines) is 1. The van der Waals surface area contributed by atoms with Crippen molar-refractivity contribution >= 4 is 15.9 Å². The van der Waals surface area contributed by atoms with Crippen LogP contribution >= 0.6 is 15.9 Å². The average Bonchev–Trinajstić information content (AvgIpc) is 2.61. The molecule has 0 N–H and O–H groups in total. The smallest absolute Gasteiger partial charge is 0.0119 e. The molecule has 90 valence electrons. The highest BCUT2D eigenvalue weighted by Crippen LogP contribution is 2.26. The summed E-state index contributed by atoms with van der Waals surface area (Å²) in [6.07, 6.45) is 2.81. The predicted octanol–water partition coefficient (Wildman–Crippen LogP) is 3.77. The standard InChI is InChI=1S/C13H26BrN/c1-10(2)12(8-14)9-15-7-5-6-13(15)11(3)4/h10-13H,5-9H2,1-4H3. The lowest BCUT2D eigenvalue weighted by Crippen LogP contribution is -2.38. The van der Waals surface area contributed by atoms with Crippen LogP contribution in [0.3, 0.4) is 0 Å². The van der Waals surface area contributed by atoms with E-state index in [1.54, 1.807) is 0 Å². The van der Waals surface area contributed by atoms with E-state index in [1.165, 1.54) is 25.9 Å². The Kier molecular flexibility index (Phi) is 5.62. The number of hydrogen-bond donors (Lipinski definition) is 0. The van der Waals surface area contributed by atoms with Gasteiger partial charge in [-0.25, -0.2) is 0 Å². The lowest BCUT2D eigenvalue weighted by atomic mass is 9.95. The normalized spacial score (nSPS) is 25.4. The average molecular weight is 276 g/mol. The molecule has 0 radical (unpaired) electrons. The van der Waals surface area contributed by atoms with Gasteiger partial charge in [-0.2, -0.15) is 0 Å². The summed E-state index contributed by atoms with van der Waals surface area (Å²) in [5.41, 5.74) is 0. The fraction of sp³-hybridized carbons (Fsp3) is 1.00. The van der Waals surface area contributed by atoms with Crippen molar-refractivity contribution in [3.8, 4) is 0 Å². The summed E-state index contributed by atoms with van der Waals surface area (Å²) in [6.45, 7) is 12.0. The van der Waals surface area contributed by atoms with Crippen molar-refractivity contribution in [3.63, 3.8) is 0 Å². The van der Waals surface area contributed by atoms with E-state index >= 15 is 0 Å². The molecule has 1 aliphatic heterocycles. The van der Waals surface area contributed by atoms with Gasteiger partial charge < -0.3 is 0 Å². The van der Waals surface area contributed by atoms with Crippen molar-refractivity contribution in [2.75, 3.05) is 18.4 Å². The van der Waals surface area contributed by atoms with Crippen LogP contribution in [0.4, 0.5) is 0 Å². The van der Waals surface area contributed by atoms with Crippen LogP contribution in [0, 0.1) is 17.8 Å². The Balaban J connectivity index is 2.48. The molecular weight excluding hydrogens is 250 g/mol. The lowest BCUT2D eigenvalue weighted by molar-refractivity contribution is 0.167. The monoisotopic (exact) mass is 275 g/mol. The van der Waals surface area contributed by atoms with Crippen LogP contribution in [0.2, 0.25) is 0 Å². The molecule has 1 aliphatic rings. The van der Waals surface area contributed by atoms with Crippen molar-refractivity contribution < 1.29 is 0 Å². The van der Waals surface area contributed by atoms with Crippen LogP contribution in [-0.4, -0.2) is 29.4 Å². The Labute approximate surface area is 104 Å². The van der Waals surface area contributed by atoms with Gasteiger partial charge in [-0.3, -0.25) is 4.90 Å². The van der Waals surface area contributed by atoms with Crippen molar-refractivity contribution in [2.45, 2.75) is 46.6 Å². The Morgan fingerprint density at radius 2 is 1.93 bits per heavy atom. The summed E-state index contributed by atoms with van der Waals surface area (Å²) in [4.78, 5) is 2.72. The lowest BCUT2D eigenvalue weighted by Gasteiger charge is -2.32. The van der Waals surface area contributed by atoms with Gasteiger partial charge in [0.05, 0.1) is 0 Å². The summed E-state index contributed by atoms with van der Waals surface area (Å²) < 4.78 is 0. The Bertz CT molecular complexity index is 179. The van der Waals surface area contributed by atoms with Gasteiger partial charge in [-0.15, -0.1) is 0 Å². The largest absolute Gasteiger partial charge is 0.300 e. The predicted molar refractivity (Wildman–Crippen MR) is 71.6 cm³/mol. The molecule has 1 rings (SSSR count). The zero-order valence-electron chi connectivity index (χ0n) is 10.7. The first-order valence-electron chi connectivity index (χ1n) is 6.36. The maximum Gasteiger partial charge on any atom is 0.0119 e. The van der Waals surface area contributed by atoms with Crippen LogP contribution in [0.25, 0.3) is 0 Å². The van der Waals surface area contributed by atoms with Crippen LogP contribution in [0.15, 0.2) is 0 Å². The van der Waals surface area contributed by atoms with Gasteiger partial charge in [0.2, 0.25) is 0 Å². The van der Waals surface area contributed by atoms with Gasteiger partial charge in [-0.05, 0) is 37.1 Å². The fourth-order valence-electron chi connectivity index (χ4n) is 2.57. The minimum atomic E-state index is 0.790. The topological polar surface area (TPSA) is 3.24 Å². The molecule has 15 heavy (non-hydrogen) atoms. The number of hydrogen-bond acceptors (Lipinski definition) is 1. The minimum Gasteiger partial charge on any atom is -0.300 e. The Hall–Kier alpha value is 0.440. The van der Waals surface area contributed by atoms with Crippen LogP contribution in [0.1, 0.15) is 40.5 Å². The fourth-order valence-corrected chi connectivity index (χ4v) is 3.52. The first kappa shape index (κ1) is 13.5. The molecule has 0 aromatic carbocycles. The molecule has 0 amide bonds. The third kappa shape index (κ3) is 3.74. The molecule has 2 heteroatoms. The van der Waals surface area contributed by atoms with Crippen molar-refractivity contribution in [2.24, 2.45) is 17.8 Å². The van der Waals surface area contributed by atoms with Gasteiger partial charge in [0.25, 0.3) is 0 Å². The highest BCUT2D eigenvalue weighted by molar-refractivity contribution is 9.09. The molecule has 0 bridgehead atoms. The SMILES string of the molecule is CC(C)C(CBr)CN1CCCC1C(C)C. The Morgan fingerprint density at radius 3 is 2.40 bits per heavy atom. The number of alkyl halides is 1. The van der Waals surface area contributed by atoms with E-state index in [2.05, 4.69) is 48.5 Å². The zero-order chi connectivity index (χ0) is 11.4. The quantitative estimate of drug-likeness (QED) is 0.691. The van der Waals surface area contributed by atoms with E-state index in [-0.39, 0.29) is 0 Å². The van der Waals surface area contributed by atoms with Crippen LogP contribution in [-0.2, 0) is 0 Å². The molecule has 1 saturated heterocycles. The molecule has 1 nitrogen and oxygen atoms in total. The van der Waals surface area contributed by atoms with E-state index < -0.39 is 0 Å². The summed E-state index contributed by atoms with van der Waals surface area (Å²) >= 11 is 3.65. The molecule has 2 atom stereocenters. The van der Waals surface area contributed by atoms with Crippen LogP contribution < -0.4 is 0 Å². The van der Waals surface area contributed by atoms with Gasteiger partial charge in [0.1, 0.15) is 0 Å². The minimum absolute atomic E-state index is 0.790. The van der Waals surface area contributed by atoms with Crippen molar-refractivity contribution in [3.05, 3.63) is 0 Å². The first-order valence-corrected chi connectivity index (χ1v) is 7.48. The maximum atomic E-state index is 3.65. The number of halogens is 1. The van der Waals surface area contributed by atoms with E-state index in [9.17, 15) is 0 Å². The van der Waals surface area contributed by atoms with Gasteiger partial charge in [0.15, 0.2) is 0 Å². The number of rotatable bonds is 5. The summed E-state index contributed by atoms with van der Waals surface area (Å²) in [7, 11) is 0. The summed E-state index contributed by atoms with van der Waals surface area (Å²) in [5, 5.41) is 1.14. The zero-order valence-corrected chi connectivity index (χ0v) is 12.3. The van der Waals surface area contributed by atoms with Gasteiger partial charge in [-0.1, -0.05) is 43.6 Å². The molecule has 0 aromatic heterocycles. The second kappa shape index (κ2) is 6.24. The molecule has 0 saturated carbocycles. The molecule has 2 unspecified atom stereocenters. The van der Waals surface area contributed by atoms with Crippen molar-refractivity contribution in [1.82, 2.24) is 4.90 Å². The van der Waals surface area contributed by atoms with Crippen LogP contribution in [0.5, 0.6) is 0 Å². The van der Waals surface area contributed by atoms with E-state index in [4.69, 9.17) is 0 Å². The van der Waals surface area contributed by atoms with Gasteiger partial charge >= 0.3 is 0 Å². The highest BCUT2D eigenvalue weighted by atomic mass is 79.9. The summed E-state index contributed by atoms with van der Waals surface area (Å²) in [6, 6.07) is 0.838. The number of nitrogens with zero attached hydrogens (tertiary/aromatic N) is 1. The van der Waals surface area contributed by atoms with E-state index in [0.29, 0.717) is 0 Å². The molecule has 0 aliphatic carbocycles. The molecule has 1 fully saturated rings. The van der Waals surface area contributed by atoms with E-state index in [0.717, 1.165) is 29.1 Å². The molecular formula is C13H26BrN. The van der Waals surface area contributed by atoms with E-state index in [1.807, 2.05) is 0 Å². The molecule has 0 aromatic rings. The second-order valence-electron chi connectivity index (χ2n) is 5.61. The second-order valence-corrected chi connectivity index (χ2v) is 6.25.